The van der Waals surface area contributed by atoms with Crippen molar-refractivity contribution in [3.63, 3.8) is 0 Å². The van der Waals surface area contributed by atoms with Crippen molar-refractivity contribution in [3.05, 3.63) is 47.5 Å². The van der Waals surface area contributed by atoms with Gasteiger partial charge in [0.05, 0.1) is 17.8 Å². The minimum absolute atomic E-state index is 0.0508. The van der Waals surface area contributed by atoms with Crippen molar-refractivity contribution in [3.8, 4) is 0 Å². The molecule has 0 bridgehead atoms. The summed E-state index contributed by atoms with van der Waals surface area (Å²) >= 11 is 0. The highest BCUT2D eigenvalue weighted by Crippen LogP contribution is 2.33. The highest BCUT2D eigenvalue weighted by Gasteiger charge is 2.18. The van der Waals surface area contributed by atoms with Crippen LogP contribution in [0.2, 0.25) is 0 Å². The van der Waals surface area contributed by atoms with Crippen molar-refractivity contribution >= 4 is 28.7 Å². The first-order valence-corrected chi connectivity index (χ1v) is 6.57. The van der Waals surface area contributed by atoms with Crippen molar-refractivity contribution in [2.75, 3.05) is 23.0 Å². The van der Waals surface area contributed by atoms with Crippen LogP contribution in [-0.4, -0.2) is 13.0 Å². The standard InChI is InChI=1S/C16H17N3O/c1-10-3-5-13(17)15(7-10)19(2)12-4-6-14-11(8-12)9-16(20)18-14/h3-8H,9,17H2,1-2H3,(H,18,20). The predicted molar refractivity (Wildman–Crippen MR) is 82.4 cm³/mol. The molecule has 0 spiro atoms. The van der Waals surface area contributed by atoms with Gasteiger partial charge in [0.25, 0.3) is 0 Å². The van der Waals surface area contributed by atoms with Gasteiger partial charge in [-0.1, -0.05) is 6.07 Å². The lowest BCUT2D eigenvalue weighted by atomic mass is 10.1. The van der Waals surface area contributed by atoms with Crippen molar-refractivity contribution in [1.82, 2.24) is 0 Å². The molecule has 3 rings (SSSR count). The molecule has 0 aliphatic carbocycles. The number of nitrogens with one attached hydrogen (secondary N) is 1. The number of hydrogen-bond donors (Lipinski definition) is 2. The van der Waals surface area contributed by atoms with Crippen LogP contribution in [-0.2, 0) is 11.2 Å². The van der Waals surface area contributed by atoms with Gasteiger partial charge >= 0.3 is 0 Å². The number of aryl methyl sites for hydroxylation is 1. The SMILES string of the molecule is Cc1ccc(N)c(N(C)c2ccc3c(c2)CC(=O)N3)c1. The lowest BCUT2D eigenvalue weighted by Crippen LogP contribution is -2.12. The third-order valence-electron chi connectivity index (χ3n) is 3.65. The van der Waals surface area contributed by atoms with Crippen LogP contribution in [0.5, 0.6) is 0 Å². The minimum Gasteiger partial charge on any atom is -0.397 e. The number of hydrogen-bond acceptors (Lipinski definition) is 3. The van der Waals surface area contributed by atoms with E-state index in [-0.39, 0.29) is 5.91 Å². The van der Waals surface area contributed by atoms with Crippen molar-refractivity contribution < 1.29 is 4.79 Å². The van der Waals surface area contributed by atoms with E-state index in [1.807, 2.05) is 49.2 Å². The Morgan fingerprint density at radius 2 is 2.00 bits per heavy atom. The summed E-state index contributed by atoms with van der Waals surface area (Å²) in [5.74, 6) is 0.0508. The molecule has 1 heterocycles. The number of anilines is 4. The Hall–Kier alpha value is -2.49. The summed E-state index contributed by atoms with van der Waals surface area (Å²) in [6.07, 6.45) is 0.445. The normalized spacial score (nSPS) is 13.0. The molecule has 1 aliphatic heterocycles. The fourth-order valence-electron chi connectivity index (χ4n) is 2.51. The van der Waals surface area contributed by atoms with Crippen LogP contribution in [0.3, 0.4) is 0 Å². The Morgan fingerprint density at radius 3 is 2.80 bits per heavy atom. The van der Waals surface area contributed by atoms with Crippen LogP contribution in [0.15, 0.2) is 36.4 Å². The molecular formula is C16H17N3O. The zero-order valence-electron chi connectivity index (χ0n) is 11.6. The van der Waals surface area contributed by atoms with E-state index in [0.29, 0.717) is 6.42 Å². The van der Waals surface area contributed by atoms with Gasteiger partial charge in [-0.3, -0.25) is 4.79 Å². The topological polar surface area (TPSA) is 58.4 Å². The molecule has 4 heteroatoms. The number of carbonyl (C=O) groups is 1. The summed E-state index contributed by atoms with van der Waals surface area (Å²) in [4.78, 5) is 13.5. The van der Waals surface area contributed by atoms with E-state index in [2.05, 4.69) is 11.4 Å². The maximum absolute atomic E-state index is 11.4. The minimum atomic E-state index is 0.0508. The fourth-order valence-corrected chi connectivity index (χ4v) is 2.51. The second-order valence-corrected chi connectivity index (χ2v) is 5.19. The average Bonchev–Trinajstić information content (AvgIpc) is 2.79. The summed E-state index contributed by atoms with van der Waals surface area (Å²) < 4.78 is 0. The molecule has 20 heavy (non-hydrogen) atoms. The third kappa shape index (κ3) is 2.09. The summed E-state index contributed by atoms with van der Waals surface area (Å²) in [6, 6.07) is 11.9. The molecule has 0 radical (unpaired) electrons. The number of nitrogen functional groups attached to an aromatic ring is 1. The molecule has 0 unspecified atom stereocenters. The van der Waals surface area contributed by atoms with E-state index in [1.165, 1.54) is 5.56 Å². The van der Waals surface area contributed by atoms with Gasteiger partial charge in [-0.2, -0.15) is 0 Å². The van der Waals surface area contributed by atoms with Gasteiger partial charge < -0.3 is 16.0 Å². The third-order valence-corrected chi connectivity index (χ3v) is 3.65. The first-order chi connectivity index (χ1) is 9.54. The van der Waals surface area contributed by atoms with Gasteiger partial charge in [0.2, 0.25) is 5.91 Å². The van der Waals surface area contributed by atoms with Crippen molar-refractivity contribution in [2.24, 2.45) is 0 Å². The van der Waals surface area contributed by atoms with Gasteiger partial charge in [-0.15, -0.1) is 0 Å². The summed E-state index contributed by atoms with van der Waals surface area (Å²) in [5.41, 5.74) is 11.9. The van der Waals surface area contributed by atoms with Gasteiger partial charge in [0.1, 0.15) is 0 Å². The Bertz CT molecular complexity index is 694. The van der Waals surface area contributed by atoms with Crippen LogP contribution in [0.4, 0.5) is 22.7 Å². The number of amides is 1. The summed E-state index contributed by atoms with van der Waals surface area (Å²) in [6.45, 7) is 2.04. The summed E-state index contributed by atoms with van der Waals surface area (Å²) in [7, 11) is 1.98. The lowest BCUT2D eigenvalue weighted by Gasteiger charge is -2.22. The second-order valence-electron chi connectivity index (χ2n) is 5.19. The number of carbonyl (C=O) groups excluding carboxylic acids is 1. The van der Waals surface area contributed by atoms with Crippen LogP contribution >= 0.6 is 0 Å². The van der Waals surface area contributed by atoms with E-state index >= 15 is 0 Å². The molecule has 2 aromatic rings. The Balaban J connectivity index is 1.99. The molecule has 0 aromatic heterocycles. The number of nitrogens with two attached hydrogens (primary N) is 1. The van der Waals surface area contributed by atoms with Gasteiger partial charge in [0.15, 0.2) is 0 Å². The zero-order chi connectivity index (χ0) is 14.3. The van der Waals surface area contributed by atoms with Gasteiger partial charge in [0, 0.05) is 18.4 Å². The highest BCUT2D eigenvalue weighted by atomic mass is 16.1. The fraction of sp³-hybridized carbons (Fsp3) is 0.188. The van der Waals surface area contributed by atoms with E-state index < -0.39 is 0 Å². The van der Waals surface area contributed by atoms with Gasteiger partial charge in [-0.05, 0) is 48.4 Å². The predicted octanol–water partition coefficient (Wildman–Crippen LogP) is 2.84. The lowest BCUT2D eigenvalue weighted by molar-refractivity contribution is -0.115. The van der Waals surface area contributed by atoms with Crippen LogP contribution in [0.25, 0.3) is 0 Å². The molecule has 0 saturated heterocycles. The Labute approximate surface area is 118 Å². The first kappa shape index (κ1) is 12.5. The molecule has 1 aliphatic rings. The molecule has 0 atom stereocenters. The average molecular weight is 267 g/mol. The summed E-state index contributed by atoms with van der Waals surface area (Å²) in [5, 5.41) is 2.84. The number of benzene rings is 2. The highest BCUT2D eigenvalue weighted by molar-refractivity contribution is 5.99. The van der Waals surface area contributed by atoms with E-state index in [4.69, 9.17) is 5.73 Å². The van der Waals surface area contributed by atoms with Crippen molar-refractivity contribution in [2.45, 2.75) is 13.3 Å². The number of rotatable bonds is 2. The van der Waals surface area contributed by atoms with Gasteiger partial charge in [-0.25, -0.2) is 0 Å². The zero-order valence-corrected chi connectivity index (χ0v) is 11.6. The van der Waals surface area contributed by atoms with E-state index in [1.54, 1.807) is 0 Å². The molecule has 3 N–H and O–H groups in total. The molecular weight excluding hydrogens is 250 g/mol. The van der Waals surface area contributed by atoms with Crippen molar-refractivity contribution in [1.29, 1.82) is 0 Å². The first-order valence-electron chi connectivity index (χ1n) is 6.57. The quantitative estimate of drug-likeness (QED) is 0.823. The molecule has 4 nitrogen and oxygen atoms in total. The molecule has 2 aromatic carbocycles. The van der Waals surface area contributed by atoms with E-state index in [0.717, 1.165) is 28.3 Å². The Morgan fingerprint density at radius 1 is 1.20 bits per heavy atom. The van der Waals surface area contributed by atoms with E-state index in [9.17, 15) is 4.79 Å². The Kier molecular flexibility index (Phi) is 2.86. The van der Waals surface area contributed by atoms with Crippen LogP contribution < -0.4 is 16.0 Å². The van der Waals surface area contributed by atoms with Crippen LogP contribution in [0.1, 0.15) is 11.1 Å². The molecule has 0 saturated carbocycles. The number of fused-ring (bicyclic) bond motifs is 1. The van der Waals surface area contributed by atoms with Crippen LogP contribution in [0, 0.1) is 6.92 Å². The monoisotopic (exact) mass is 267 g/mol. The molecule has 102 valence electrons. The largest absolute Gasteiger partial charge is 0.397 e. The maximum Gasteiger partial charge on any atom is 0.228 e. The number of nitrogens with zero attached hydrogens (tertiary/aromatic N) is 1. The molecule has 0 fully saturated rings. The second kappa shape index (κ2) is 4.56. The maximum atomic E-state index is 11.4. The smallest absolute Gasteiger partial charge is 0.228 e. The molecule has 1 amide bonds.